The summed E-state index contributed by atoms with van der Waals surface area (Å²) in [6, 6.07) is 3.39. The van der Waals surface area contributed by atoms with Gasteiger partial charge in [-0.2, -0.15) is 13.2 Å². The van der Waals surface area contributed by atoms with Crippen molar-refractivity contribution in [3.63, 3.8) is 0 Å². The van der Waals surface area contributed by atoms with Gasteiger partial charge in [-0.15, -0.1) is 0 Å². The molecular weight excluding hydrogens is 255 g/mol. The smallest absolute Gasteiger partial charge is 0.319 e. The van der Waals surface area contributed by atoms with Gasteiger partial charge in [0.05, 0.1) is 17.3 Å². The van der Waals surface area contributed by atoms with E-state index in [0.29, 0.717) is 5.69 Å². The molecule has 19 heavy (non-hydrogen) atoms. The second kappa shape index (κ2) is 4.97. The lowest BCUT2D eigenvalue weighted by Crippen LogP contribution is -2.19. The monoisotopic (exact) mass is 267 g/mol. The molecule has 0 aliphatic rings. The first-order chi connectivity index (χ1) is 8.89. The molecule has 0 aliphatic heterocycles. The van der Waals surface area contributed by atoms with Gasteiger partial charge in [0.1, 0.15) is 0 Å². The Morgan fingerprint density at radius 1 is 1.21 bits per heavy atom. The van der Waals surface area contributed by atoms with Crippen LogP contribution in [0.15, 0.2) is 36.8 Å². The number of nitrogens with zero attached hydrogens (tertiary/aromatic N) is 2. The zero-order chi connectivity index (χ0) is 14.0. The van der Waals surface area contributed by atoms with E-state index >= 15 is 0 Å². The Morgan fingerprint density at radius 2 is 1.95 bits per heavy atom. The van der Waals surface area contributed by atoms with Crippen molar-refractivity contribution in [3.05, 3.63) is 59.2 Å². The third kappa shape index (κ3) is 2.90. The predicted octanol–water partition coefficient (Wildman–Crippen LogP) is 2.85. The molecule has 0 saturated heterocycles. The van der Waals surface area contributed by atoms with Gasteiger partial charge >= 0.3 is 6.18 Å². The van der Waals surface area contributed by atoms with Crippen LogP contribution in [-0.2, 0) is 6.18 Å². The number of halogens is 3. The maximum atomic E-state index is 12.9. The van der Waals surface area contributed by atoms with Crippen molar-refractivity contribution in [1.29, 1.82) is 0 Å². The zero-order valence-electron chi connectivity index (χ0n) is 10.1. The first-order valence-corrected chi connectivity index (χ1v) is 5.59. The molecule has 2 aromatic heterocycles. The molecule has 0 amide bonds. The van der Waals surface area contributed by atoms with E-state index < -0.39 is 17.8 Å². The fraction of sp³-hybridized carbons (Fsp3) is 0.231. The number of rotatable bonds is 2. The second-order valence-corrected chi connectivity index (χ2v) is 4.20. The van der Waals surface area contributed by atoms with Gasteiger partial charge in [-0.25, -0.2) is 0 Å². The van der Waals surface area contributed by atoms with Crippen LogP contribution >= 0.6 is 0 Å². The number of aryl methyl sites for hydroxylation is 1. The second-order valence-electron chi connectivity index (χ2n) is 4.20. The Labute approximate surface area is 108 Å². The minimum Gasteiger partial charge on any atom is -0.319 e. The predicted molar refractivity (Wildman–Crippen MR) is 64.2 cm³/mol. The van der Waals surface area contributed by atoms with Gasteiger partial charge in [-0.3, -0.25) is 9.97 Å². The molecule has 0 bridgehead atoms. The van der Waals surface area contributed by atoms with Gasteiger partial charge in [-0.1, -0.05) is 0 Å². The van der Waals surface area contributed by atoms with E-state index in [-0.39, 0.29) is 5.56 Å². The van der Waals surface area contributed by atoms with E-state index in [1.165, 1.54) is 6.20 Å². The van der Waals surface area contributed by atoms with Crippen LogP contribution in [-0.4, -0.2) is 9.97 Å². The minimum absolute atomic E-state index is 0.0758. The van der Waals surface area contributed by atoms with Crippen molar-refractivity contribution < 1.29 is 13.2 Å². The average molecular weight is 267 g/mol. The molecule has 2 aromatic rings. The van der Waals surface area contributed by atoms with Crippen LogP contribution in [0.25, 0.3) is 0 Å². The summed E-state index contributed by atoms with van der Waals surface area (Å²) in [6.07, 6.45) is -0.700. The van der Waals surface area contributed by atoms with Crippen LogP contribution < -0.4 is 5.73 Å². The highest BCUT2D eigenvalue weighted by molar-refractivity contribution is 5.35. The van der Waals surface area contributed by atoms with E-state index in [0.717, 1.165) is 24.0 Å². The largest absolute Gasteiger partial charge is 0.416 e. The van der Waals surface area contributed by atoms with Crippen molar-refractivity contribution in [2.45, 2.75) is 19.1 Å². The van der Waals surface area contributed by atoms with Crippen molar-refractivity contribution in [1.82, 2.24) is 9.97 Å². The number of hydrogen-bond donors (Lipinski definition) is 1. The molecule has 0 fully saturated rings. The summed E-state index contributed by atoms with van der Waals surface area (Å²) in [7, 11) is 0. The number of hydrogen-bond acceptors (Lipinski definition) is 3. The lowest BCUT2D eigenvalue weighted by Gasteiger charge is -2.17. The number of nitrogens with two attached hydrogens (primary N) is 1. The Bertz CT molecular complexity index is 581. The SMILES string of the molecule is Cc1ccnc(C(N)c2cnccc2C(F)(F)F)c1. The molecule has 2 heterocycles. The molecule has 0 spiro atoms. The van der Waals surface area contributed by atoms with E-state index in [1.807, 2.05) is 6.92 Å². The van der Waals surface area contributed by atoms with Gasteiger partial charge in [0, 0.05) is 24.2 Å². The van der Waals surface area contributed by atoms with Gasteiger partial charge in [0.2, 0.25) is 0 Å². The maximum absolute atomic E-state index is 12.9. The highest BCUT2D eigenvalue weighted by Crippen LogP contribution is 2.34. The molecule has 1 unspecified atom stereocenters. The van der Waals surface area contributed by atoms with Gasteiger partial charge < -0.3 is 5.73 Å². The third-order valence-corrected chi connectivity index (χ3v) is 2.75. The molecule has 6 heteroatoms. The highest BCUT2D eigenvalue weighted by Gasteiger charge is 2.35. The first-order valence-electron chi connectivity index (χ1n) is 5.59. The maximum Gasteiger partial charge on any atom is 0.416 e. The van der Waals surface area contributed by atoms with E-state index in [2.05, 4.69) is 9.97 Å². The number of aromatic nitrogens is 2. The molecular formula is C13H12F3N3. The van der Waals surface area contributed by atoms with Crippen LogP contribution in [0, 0.1) is 6.92 Å². The Hall–Kier alpha value is -1.95. The molecule has 0 aromatic carbocycles. The van der Waals surface area contributed by atoms with Crippen molar-refractivity contribution in [3.8, 4) is 0 Å². The molecule has 0 aliphatic carbocycles. The molecule has 1 atom stereocenters. The van der Waals surface area contributed by atoms with E-state index in [1.54, 1.807) is 12.1 Å². The van der Waals surface area contributed by atoms with Crippen molar-refractivity contribution in [2.24, 2.45) is 5.73 Å². The molecule has 0 saturated carbocycles. The zero-order valence-corrected chi connectivity index (χ0v) is 10.1. The van der Waals surface area contributed by atoms with E-state index in [9.17, 15) is 13.2 Å². The topological polar surface area (TPSA) is 51.8 Å². The number of pyridine rings is 2. The Kier molecular flexibility index (Phi) is 3.53. The lowest BCUT2D eigenvalue weighted by atomic mass is 9.99. The average Bonchev–Trinajstić information content (AvgIpc) is 2.37. The van der Waals surface area contributed by atoms with Gasteiger partial charge in [-0.05, 0) is 30.7 Å². The molecule has 100 valence electrons. The number of alkyl halides is 3. The molecule has 3 nitrogen and oxygen atoms in total. The normalized spacial score (nSPS) is 13.3. The summed E-state index contributed by atoms with van der Waals surface area (Å²) in [5.41, 5.74) is 6.30. The van der Waals surface area contributed by atoms with Crippen molar-refractivity contribution in [2.75, 3.05) is 0 Å². The van der Waals surface area contributed by atoms with Crippen LogP contribution in [0.2, 0.25) is 0 Å². The van der Waals surface area contributed by atoms with Gasteiger partial charge in [0.25, 0.3) is 0 Å². The minimum atomic E-state index is -4.46. The quantitative estimate of drug-likeness (QED) is 0.910. The summed E-state index contributed by atoms with van der Waals surface area (Å²) >= 11 is 0. The first kappa shape index (κ1) is 13.5. The van der Waals surface area contributed by atoms with Gasteiger partial charge in [0.15, 0.2) is 0 Å². The van der Waals surface area contributed by atoms with Crippen LogP contribution in [0.3, 0.4) is 0 Å². The third-order valence-electron chi connectivity index (χ3n) is 2.75. The standard InChI is InChI=1S/C13H12F3N3/c1-8-2-5-19-11(6-8)12(17)9-7-18-4-3-10(9)13(14,15)16/h2-7,12H,17H2,1H3. The van der Waals surface area contributed by atoms with Crippen molar-refractivity contribution >= 4 is 0 Å². The molecule has 0 radical (unpaired) electrons. The summed E-state index contributed by atoms with van der Waals surface area (Å²) in [4.78, 5) is 7.74. The van der Waals surface area contributed by atoms with E-state index in [4.69, 9.17) is 5.73 Å². The Balaban J connectivity index is 2.48. The summed E-state index contributed by atoms with van der Waals surface area (Å²) in [5, 5.41) is 0. The highest BCUT2D eigenvalue weighted by atomic mass is 19.4. The molecule has 2 N–H and O–H groups in total. The Morgan fingerprint density at radius 3 is 2.58 bits per heavy atom. The molecule has 2 rings (SSSR count). The van der Waals surface area contributed by atoms with Crippen LogP contribution in [0.5, 0.6) is 0 Å². The van der Waals surface area contributed by atoms with Crippen LogP contribution in [0.4, 0.5) is 13.2 Å². The summed E-state index contributed by atoms with van der Waals surface area (Å²) in [5.74, 6) is 0. The lowest BCUT2D eigenvalue weighted by molar-refractivity contribution is -0.138. The fourth-order valence-electron chi connectivity index (χ4n) is 1.80. The fourth-order valence-corrected chi connectivity index (χ4v) is 1.80. The summed E-state index contributed by atoms with van der Waals surface area (Å²) in [6.45, 7) is 1.83. The van der Waals surface area contributed by atoms with Crippen LogP contribution in [0.1, 0.15) is 28.4 Å². The summed E-state index contributed by atoms with van der Waals surface area (Å²) < 4.78 is 38.7.